The molecule has 0 saturated carbocycles. The van der Waals surface area contributed by atoms with Crippen molar-refractivity contribution in [1.82, 2.24) is 19.2 Å². The van der Waals surface area contributed by atoms with Crippen LogP contribution in [0.25, 0.3) is 16.6 Å². The fourth-order valence-electron chi connectivity index (χ4n) is 3.32. The molecule has 0 spiro atoms. The summed E-state index contributed by atoms with van der Waals surface area (Å²) in [5, 5.41) is -0.429. The number of rotatable bonds is 7. The first kappa shape index (κ1) is 24.2. The summed E-state index contributed by atoms with van der Waals surface area (Å²) in [5.41, 5.74) is -4.73. The van der Waals surface area contributed by atoms with Crippen molar-refractivity contribution in [1.29, 1.82) is 0 Å². The summed E-state index contributed by atoms with van der Waals surface area (Å²) in [6.45, 7) is 1.87. The molecule has 3 rings (SSSR count). The summed E-state index contributed by atoms with van der Waals surface area (Å²) in [5.74, 6) is -1.01. The maximum Gasteiger partial charge on any atom is 0.418 e. The van der Waals surface area contributed by atoms with Gasteiger partial charge in [-0.05, 0) is 18.6 Å². The average molecular weight is 487 g/mol. The highest BCUT2D eigenvalue weighted by Gasteiger charge is 2.35. The molecule has 33 heavy (non-hydrogen) atoms. The lowest BCUT2D eigenvalue weighted by atomic mass is 10.1. The van der Waals surface area contributed by atoms with Crippen LogP contribution in [0.4, 0.5) is 13.2 Å². The van der Waals surface area contributed by atoms with E-state index in [1.165, 1.54) is 12.4 Å². The number of carbonyl (C=O) groups is 1. The van der Waals surface area contributed by atoms with Gasteiger partial charge in [0.15, 0.2) is 0 Å². The Labute approximate surface area is 185 Å². The van der Waals surface area contributed by atoms with Gasteiger partial charge in [0.2, 0.25) is 0 Å². The number of unbranched alkanes of at least 4 members (excludes halogenated alkanes) is 2. The van der Waals surface area contributed by atoms with E-state index in [1.807, 2.05) is 6.92 Å². The molecule has 1 amide bonds. The van der Waals surface area contributed by atoms with Gasteiger partial charge in [-0.2, -0.15) is 13.2 Å². The molecule has 0 aliphatic heterocycles. The summed E-state index contributed by atoms with van der Waals surface area (Å²) in [7, 11) is -4.42. The maximum atomic E-state index is 13.6. The molecular formula is C19H20F3N5O5S. The molecule has 10 nitrogen and oxygen atoms in total. The number of aromatic nitrogens is 4. The normalized spacial score (nSPS) is 12.3. The van der Waals surface area contributed by atoms with Gasteiger partial charge >= 0.3 is 11.9 Å². The predicted molar refractivity (Wildman–Crippen MR) is 113 cm³/mol. The van der Waals surface area contributed by atoms with Crippen LogP contribution < -0.4 is 15.7 Å². The second-order valence-electron chi connectivity index (χ2n) is 7.29. The van der Waals surface area contributed by atoms with E-state index in [0.717, 1.165) is 23.4 Å². The number of imidazole rings is 1. The van der Waals surface area contributed by atoms with E-state index in [9.17, 15) is 36.0 Å². The first-order chi connectivity index (χ1) is 15.4. The van der Waals surface area contributed by atoms with Crippen LogP contribution in [0.2, 0.25) is 0 Å². The molecule has 0 atom stereocenters. The molecule has 178 valence electrons. The number of halogens is 3. The molecule has 0 bridgehead atoms. The van der Waals surface area contributed by atoms with Crippen LogP contribution >= 0.6 is 0 Å². The van der Waals surface area contributed by atoms with E-state index in [1.54, 1.807) is 0 Å². The molecule has 0 fully saturated rings. The number of hydrogen-bond acceptors (Lipinski definition) is 6. The van der Waals surface area contributed by atoms with Crippen molar-refractivity contribution in [3.05, 3.63) is 57.3 Å². The van der Waals surface area contributed by atoms with Gasteiger partial charge in [-0.3, -0.25) is 9.59 Å². The first-order valence-electron chi connectivity index (χ1n) is 9.78. The van der Waals surface area contributed by atoms with E-state index in [2.05, 4.69) is 9.97 Å². The molecular weight excluding hydrogens is 467 g/mol. The highest BCUT2D eigenvalue weighted by atomic mass is 32.2. The first-order valence-corrected chi connectivity index (χ1v) is 11.6. The SMILES string of the molecule is CCCCCC(=O)N(n1c(=O)[nH]c2cc(C(F)(F)F)c(-n3ccnc3)cc2c1=O)S(C)(=O)=O. The number of aromatic amines is 1. The lowest BCUT2D eigenvalue weighted by Crippen LogP contribution is -2.55. The molecule has 0 aliphatic rings. The molecule has 0 unspecified atom stereocenters. The van der Waals surface area contributed by atoms with Gasteiger partial charge in [0.25, 0.3) is 21.5 Å². The minimum atomic E-state index is -4.84. The minimum Gasteiger partial charge on any atom is -0.306 e. The van der Waals surface area contributed by atoms with Crippen LogP contribution in [0.3, 0.4) is 0 Å². The zero-order valence-corrected chi connectivity index (χ0v) is 18.4. The van der Waals surface area contributed by atoms with Crippen LogP contribution in [0.1, 0.15) is 38.2 Å². The zero-order valence-electron chi connectivity index (χ0n) is 17.6. The van der Waals surface area contributed by atoms with Crippen molar-refractivity contribution >= 4 is 26.8 Å². The van der Waals surface area contributed by atoms with Crippen molar-refractivity contribution in [2.45, 2.75) is 38.8 Å². The van der Waals surface area contributed by atoms with Crippen molar-refractivity contribution in [2.24, 2.45) is 0 Å². The van der Waals surface area contributed by atoms with E-state index in [4.69, 9.17) is 0 Å². The molecule has 0 radical (unpaired) electrons. The van der Waals surface area contributed by atoms with Crippen molar-refractivity contribution in [3.8, 4) is 5.69 Å². The summed E-state index contributed by atoms with van der Waals surface area (Å²) in [4.78, 5) is 44.1. The Morgan fingerprint density at radius 2 is 1.91 bits per heavy atom. The Hall–Kier alpha value is -3.42. The van der Waals surface area contributed by atoms with Crippen molar-refractivity contribution in [3.63, 3.8) is 0 Å². The molecule has 2 heterocycles. The van der Waals surface area contributed by atoms with Gasteiger partial charge in [-0.25, -0.2) is 18.2 Å². The Morgan fingerprint density at radius 3 is 2.45 bits per heavy atom. The lowest BCUT2D eigenvalue weighted by molar-refractivity contribution is -0.137. The smallest absolute Gasteiger partial charge is 0.306 e. The van der Waals surface area contributed by atoms with Gasteiger partial charge in [-0.1, -0.05) is 19.8 Å². The standard InChI is InChI=1S/C19H20F3N5O5S/c1-3-4-5-6-16(28)27(33(2,31)32)26-17(29)12-9-15(25-8-7-23-11-25)13(19(20,21)22)10-14(12)24-18(26)30/h7-11H,3-6H2,1-2H3,(H,24,30). The third-order valence-electron chi connectivity index (χ3n) is 4.78. The number of alkyl halides is 3. The number of hydrogen-bond donors (Lipinski definition) is 1. The molecule has 3 aromatic rings. The topological polar surface area (TPSA) is 127 Å². The number of carbonyl (C=O) groups excluding carboxylic acids is 1. The van der Waals surface area contributed by atoms with Gasteiger partial charge in [0.05, 0.1) is 34.7 Å². The van der Waals surface area contributed by atoms with Crippen LogP contribution in [0, 0.1) is 0 Å². The highest BCUT2D eigenvalue weighted by Crippen LogP contribution is 2.35. The van der Waals surface area contributed by atoms with E-state index in [0.29, 0.717) is 25.2 Å². The summed E-state index contributed by atoms with van der Waals surface area (Å²) < 4.78 is 66.7. The van der Waals surface area contributed by atoms with E-state index >= 15 is 0 Å². The van der Waals surface area contributed by atoms with Crippen molar-refractivity contribution < 1.29 is 26.4 Å². The second kappa shape index (κ2) is 8.84. The Morgan fingerprint density at radius 1 is 1.21 bits per heavy atom. The largest absolute Gasteiger partial charge is 0.418 e. The molecule has 0 saturated heterocycles. The molecule has 14 heteroatoms. The van der Waals surface area contributed by atoms with Crippen LogP contribution in [0.15, 0.2) is 40.4 Å². The van der Waals surface area contributed by atoms with Gasteiger partial charge in [0.1, 0.15) is 0 Å². The minimum absolute atomic E-state index is 0.0534. The van der Waals surface area contributed by atoms with Gasteiger partial charge in [-0.15, -0.1) is 9.09 Å². The number of fused-ring (bicyclic) bond motifs is 1. The Bertz CT molecular complexity index is 1410. The predicted octanol–water partition coefficient (Wildman–Crippen LogP) is 1.90. The fraction of sp³-hybridized carbons (Fsp3) is 0.368. The molecule has 0 aliphatic carbocycles. The number of amides is 1. The van der Waals surface area contributed by atoms with Crippen LogP contribution in [0.5, 0.6) is 0 Å². The monoisotopic (exact) mass is 487 g/mol. The summed E-state index contributed by atoms with van der Waals surface area (Å²) >= 11 is 0. The van der Waals surface area contributed by atoms with Crippen molar-refractivity contribution in [2.75, 3.05) is 10.7 Å². The Kier molecular flexibility index (Phi) is 6.49. The van der Waals surface area contributed by atoms with Crippen LogP contribution in [-0.4, -0.2) is 39.8 Å². The second-order valence-corrected chi connectivity index (χ2v) is 9.10. The third-order valence-corrected chi connectivity index (χ3v) is 5.78. The number of nitrogens with zero attached hydrogens (tertiary/aromatic N) is 4. The summed E-state index contributed by atoms with van der Waals surface area (Å²) in [6, 6.07) is 1.43. The van der Waals surface area contributed by atoms with E-state index < -0.39 is 55.5 Å². The lowest BCUT2D eigenvalue weighted by Gasteiger charge is -2.21. The molecule has 1 N–H and O–H groups in total. The average Bonchev–Trinajstić information content (AvgIpc) is 3.23. The zero-order chi connectivity index (χ0) is 24.6. The third kappa shape index (κ3) is 4.84. The number of nitrogens with one attached hydrogen (secondary N) is 1. The highest BCUT2D eigenvalue weighted by molar-refractivity contribution is 7.92. The van der Waals surface area contributed by atoms with Gasteiger partial charge < -0.3 is 9.55 Å². The van der Waals surface area contributed by atoms with Gasteiger partial charge in [0, 0.05) is 18.8 Å². The van der Waals surface area contributed by atoms with E-state index in [-0.39, 0.29) is 15.5 Å². The summed E-state index contributed by atoms with van der Waals surface area (Å²) in [6.07, 6.45) is 0.761. The Balaban J connectivity index is 2.31. The quantitative estimate of drug-likeness (QED) is 0.507. The fourth-order valence-corrected chi connectivity index (χ4v) is 4.22. The molecule has 2 aromatic heterocycles. The maximum absolute atomic E-state index is 13.6. The molecule has 1 aromatic carbocycles. The number of H-pyrrole nitrogens is 1. The van der Waals surface area contributed by atoms with Crippen LogP contribution in [-0.2, 0) is 21.0 Å². The number of sulfonamides is 1. The number of benzene rings is 1.